The van der Waals surface area contributed by atoms with Gasteiger partial charge in [-0.2, -0.15) is 0 Å². The number of thiophene rings is 1. The zero-order chi connectivity index (χ0) is 16.4. The molecular weight excluding hydrogens is 316 g/mol. The van der Waals surface area contributed by atoms with E-state index in [0.717, 1.165) is 31.1 Å². The minimum absolute atomic E-state index is 0.0422. The second kappa shape index (κ2) is 6.51. The van der Waals surface area contributed by atoms with E-state index < -0.39 is 5.91 Å². The van der Waals surface area contributed by atoms with Gasteiger partial charge in [0, 0.05) is 44.2 Å². The van der Waals surface area contributed by atoms with Gasteiger partial charge in [-0.1, -0.05) is 5.16 Å². The molecule has 3 heterocycles. The first-order valence-corrected chi connectivity index (χ1v) is 8.23. The number of primary amides is 1. The molecule has 1 fully saturated rings. The van der Waals surface area contributed by atoms with Gasteiger partial charge in [0.2, 0.25) is 5.91 Å². The minimum Gasteiger partial charge on any atom is -0.366 e. The normalized spacial score (nSPS) is 15.8. The number of amides is 2. The molecule has 2 N–H and O–H groups in total. The highest BCUT2D eigenvalue weighted by Crippen LogP contribution is 2.18. The smallest absolute Gasteiger partial charge is 0.264 e. The lowest BCUT2D eigenvalue weighted by molar-refractivity contribution is 0.0630. The lowest BCUT2D eigenvalue weighted by Gasteiger charge is -2.34. The number of nitrogens with zero attached hydrogens (tertiary/aromatic N) is 3. The van der Waals surface area contributed by atoms with E-state index in [-0.39, 0.29) is 5.91 Å². The molecule has 1 saturated heterocycles. The number of aromatic nitrogens is 1. The van der Waals surface area contributed by atoms with E-state index in [9.17, 15) is 9.59 Å². The number of nitrogens with two attached hydrogens (primary N) is 1. The molecule has 0 aliphatic carbocycles. The van der Waals surface area contributed by atoms with Crippen molar-refractivity contribution in [3.05, 3.63) is 39.4 Å². The maximum Gasteiger partial charge on any atom is 0.264 e. The Bertz CT molecular complexity index is 716. The molecule has 0 spiro atoms. The lowest BCUT2D eigenvalue weighted by atomic mass is 10.2. The summed E-state index contributed by atoms with van der Waals surface area (Å²) in [4.78, 5) is 28.2. The zero-order valence-corrected chi connectivity index (χ0v) is 13.6. The zero-order valence-electron chi connectivity index (χ0n) is 12.8. The van der Waals surface area contributed by atoms with Crippen LogP contribution in [0.4, 0.5) is 0 Å². The highest BCUT2D eigenvalue weighted by Gasteiger charge is 2.24. The van der Waals surface area contributed by atoms with E-state index in [0.29, 0.717) is 23.5 Å². The minimum atomic E-state index is -0.506. The van der Waals surface area contributed by atoms with Crippen LogP contribution in [0, 0.1) is 6.92 Å². The third-order valence-electron chi connectivity index (χ3n) is 3.82. The molecule has 122 valence electrons. The van der Waals surface area contributed by atoms with Crippen LogP contribution in [-0.2, 0) is 6.54 Å². The standard InChI is InChI=1S/C15H18N4O3S/c1-10-6-12(17-22-10)8-18-2-4-19(5-3-18)15(21)13-7-11(9-23-13)14(16)20/h6-7,9H,2-5,8H2,1H3,(H2,16,20). The molecule has 23 heavy (non-hydrogen) atoms. The molecule has 2 aromatic heterocycles. The van der Waals surface area contributed by atoms with Crippen LogP contribution >= 0.6 is 11.3 Å². The Morgan fingerprint density at radius 1 is 1.30 bits per heavy atom. The summed E-state index contributed by atoms with van der Waals surface area (Å²) in [6.45, 7) is 5.47. The fraction of sp³-hybridized carbons (Fsp3) is 0.400. The van der Waals surface area contributed by atoms with Gasteiger partial charge in [-0.25, -0.2) is 0 Å². The van der Waals surface area contributed by atoms with Crippen LogP contribution < -0.4 is 5.73 Å². The summed E-state index contributed by atoms with van der Waals surface area (Å²) in [6, 6.07) is 3.49. The summed E-state index contributed by atoms with van der Waals surface area (Å²) in [6.07, 6.45) is 0. The molecule has 8 heteroatoms. The number of carbonyl (C=O) groups is 2. The predicted molar refractivity (Wildman–Crippen MR) is 85.3 cm³/mol. The Kier molecular flexibility index (Phi) is 4.44. The molecule has 2 amide bonds. The monoisotopic (exact) mass is 334 g/mol. The fourth-order valence-corrected chi connectivity index (χ4v) is 3.43. The van der Waals surface area contributed by atoms with E-state index in [1.807, 2.05) is 13.0 Å². The van der Waals surface area contributed by atoms with Gasteiger partial charge in [0.15, 0.2) is 0 Å². The molecule has 0 radical (unpaired) electrons. The van der Waals surface area contributed by atoms with Crippen LogP contribution in [0.15, 0.2) is 22.0 Å². The summed E-state index contributed by atoms with van der Waals surface area (Å²) in [5.74, 6) is 0.254. The SMILES string of the molecule is Cc1cc(CN2CCN(C(=O)c3cc(C(N)=O)cs3)CC2)no1. The van der Waals surface area contributed by atoms with Crippen LogP contribution in [0.25, 0.3) is 0 Å². The molecule has 0 atom stereocenters. The van der Waals surface area contributed by atoms with Gasteiger partial charge >= 0.3 is 0 Å². The average Bonchev–Trinajstić information content (AvgIpc) is 3.17. The molecule has 0 aromatic carbocycles. The van der Waals surface area contributed by atoms with Crippen molar-refractivity contribution in [2.24, 2.45) is 5.73 Å². The van der Waals surface area contributed by atoms with Crippen molar-refractivity contribution in [2.45, 2.75) is 13.5 Å². The summed E-state index contributed by atoms with van der Waals surface area (Å²) < 4.78 is 5.07. The number of aryl methyl sites for hydroxylation is 1. The van der Waals surface area contributed by atoms with Gasteiger partial charge in [-0.05, 0) is 13.0 Å². The molecule has 0 unspecified atom stereocenters. The van der Waals surface area contributed by atoms with Crippen molar-refractivity contribution in [1.82, 2.24) is 15.0 Å². The van der Waals surface area contributed by atoms with E-state index in [2.05, 4.69) is 10.1 Å². The van der Waals surface area contributed by atoms with E-state index in [4.69, 9.17) is 10.3 Å². The summed E-state index contributed by atoms with van der Waals surface area (Å²) in [5.41, 5.74) is 6.52. The van der Waals surface area contributed by atoms with Crippen molar-refractivity contribution in [2.75, 3.05) is 26.2 Å². The maximum atomic E-state index is 12.4. The summed E-state index contributed by atoms with van der Waals surface area (Å²) in [5, 5.41) is 5.62. The molecular formula is C15H18N4O3S. The first-order chi connectivity index (χ1) is 11.0. The van der Waals surface area contributed by atoms with Crippen LogP contribution in [0.2, 0.25) is 0 Å². The van der Waals surface area contributed by atoms with Crippen molar-refractivity contribution >= 4 is 23.2 Å². The van der Waals surface area contributed by atoms with E-state index >= 15 is 0 Å². The highest BCUT2D eigenvalue weighted by molar-refractivity contribution is 7.12. The number of hydrogen-bond acceptors (Lipinski definition) is 6. The van der Waals surface area contributed by atoms with Crippen molar-refractivity contribution < 1.29 is 14.1 Å². The molecule has 0 bridgehead atoms. The van der Waals surface area contributed by atoms with Crippen molar-refractivity contribution in [3.8, 4) is 0 Å². The Labute approximate surface area is 137 Å². The van der Waals surface area contributed by atoms with Crippen molar-refractivity contribution in [1.29, 1.82) is 0 Å². The van der Waals surface area contributed by atoms with Crippen molar-refractivity contribution in [3.63, 3.8) is 0 Å². The second-order valence-corrected chi connectivity index (χ2v) is 6.47. The largest absolute Gasteiger partial charge is 0.366 e. The molecule has 3 rings (SSSR count). The van der Waals surface area contributed by atoms with E-state index in [1.54, 1.807) is 16.3 Å². The average molecular weight is 334 g/mol. The van der Waals surface area contributed by atoms with E-state index in [1.165, 1.54) is 11.3 Å². The highest BCUT2D eigenvalue weighted by atomic mass is 32.1. The molecule has 7 nitrogen and oxygen atoms in total. The predicted octanol–water partition coefficient (Wildman–Crippen LogP) is 1.10. The molecule has 2 aromatic rings. The Balaban J connectivity index is 1.55. The quantitative estimate of drug-likeness (QED) is 0.904. The fourth-order valence-electron chi connectivity index (χ4n) is 2.56. The summed E-state index contributed by atoms with van der Waals surface area (Å²) in [7, 11) is 0. The van der Waals surface area contributed by atoms with Gasteiger partial charge in [0.05, 0.1) is 16.1 Å². The summed E-state index contributed by atoms with van der Waals surface area (Å²) >= 11 is 1.26. The number of rotatable bonds is 4. The Morgan fingerprint density at radius 2 is 2.04 bits per heavy atom. The lowest BCUT2D eigenvalue weighted by Crippen LogP contribution is -2.48. The third-order valence-corrected chi connectivity index (χ3v) is 4.73. The topological polar surface area (TPSA) is 92.7 Å². The van der Waals surface area contributed by atoms with Crippen LogP contribution in [0.5, 0.6) is 0 Å². The molecule has 1 aliphatic heterocycles. The van der Waals surface area contributed by atoms with Gasteiger partial charge in [0.25, 0.3) is 5.91 Å². The Morgan fingerprint density at radius 3 is 2.61 bits per heavy atom. The number of piperazine rings is 1. The van der Waals surface area contributed by atoms with Crippen LogP contribution in [0.3, 0.4) is 0 Å². The molecule has 1 aliphatic rings. The van der Waals surface area contributed by atoms with Crippen LogP contribution in [0.1, 0.15) is 31.5 Å². The first kappa shape index (κ1) is 15.7. The third kappa shape index (κ3) is 3.59. The first-order valence-electron chi connectivity index (χ1n) is 7.35. The van der Waals surface area contributed by atoms with Gasteiger partial charge in [0.1, 0.15) is 5.76 Å². The molecule has 0 saturated carbocycles. The van der Waals surface area contributed by atoms with Gasteiger partial charge in [-0.3, -0.25) is 14.5 Å². The number of carbonyl (C=O) groups excluding carboxylic acids is 2. The number of hydrogen-bond donors (Lipinski definition) is 1. The van der Waals surface area contributed by atoms with Gasteiger partial charge < -0.3 is 15.2 Å². The maximum absolute atomic E-state index is 12.4. The Hall–Kier alpha value is -2.19. The van der Waals surface area contributed by atoms with Crippen LogP contribution in [-0.4, -0.2) is 52.9 Å². The second-order valence-electron chi connectivity index (χ2n) is 5.56. The van der Waals surface area contributed by atoms with Gasteiger partial charge in [-0.15, -0.1) is 11.3 Å².